The van der Waals surface area contributed by atoms with Crippen LogP contribution in [-0.4, -0.2) is 44.7 Å². The molecule has 0 bridgehead atoms. The summed E-state index contributed by atoms with van der Waals surface area (Å²) in [6, 6.07) is 5.74. The molecular formula is C19H26N4O. The van der Waals surface area contributed by atoms with Crippen molar-refractivity contribution < 1.29 is 5.11 Å². The molecule has 2 aromatic rings. The molecule has 5 heteroatoms. The number of likely N-dealkylation sites (tertiary alicyclic amines) is 1. The Balaban J connectivity index is 1.65. The van der Waals surface area contributed by atoms with E-state index in [0.29, 0.717) is 5.82 Å². The van der Waals surface area contributed by atoms with Gasteiger partial charge in [-0.05, 0) is 37.9 Å². The largest absolute Gasteiger partial charge is 0.396 e. The third-order valence-electron chi connectivity index (χ3n) is 4.86. The van der Waals surface area contributed by atoms with Crippen LogP contribution in [-0.2, 0) is 6.54 Å². The first kappa shape index (κ1) is 17.0. The number of nitrogens with zero attached hydrogens (tertiary/aromatic N) is 4. The Kier molecular flexibility index (Phi) is 5.53. The molecule has 2 aromatic heterocycles. The molecule has 0 amide bonds. The van der Waals surface area contributed by atoms with Crippen molar-refractivity contribution >= 4 is 0 Å². The number of hydrogen-bond donors (Lipinski definition) is 1. The molecule has 0 unspecified atom stereocenters. The fourth-order valence-corrected chi connectivity index (χ4v) is 3.71. The van der Waals surface area contributed by atoms with Crippen molar-refractivity contribution in [1.29, 1.82) is 0 Å². The van der Waals surface area contributed by atoms with E-state index in [1.807, 2.05) is 30.6 Å². The van der Waals surface area contributed by atoms with Gasteiger partial charge in [-0.25, -0.2) is 9.97 Å². The lowest BCUT2D eigenvalue weighted by Gasteiger charge is -2.42. The third kappa shape index (κ3) is 3.97. The van der Waals surface area contributed by atoms with Crippen LogP contribution in [0, 0.1) is 5.41 Å². The molecule has 0 radical (unpaired) electrons. The lowest BCUT2D eigenvalue weighted by atomic mass is 9.77. The van der Waals surface area contributed by atoms with E-state index in [-0.39, 0.29) is 12.0 Å². The normalized spacial score (nSPS) is 21.8. The van der Waals surface area contributed by atoms with E-state index in [2.05, 4.69) is 26.8 Å². The summed E-state index contributed by atoms with van der Waals surface area (Å²) in [6.45, 7) is 5.35. The summed E-state index contributed by atoms with van der Waals surface area (Å²) in [5.41, 5.74) is 1.98. The highest BCUT2D eigenvalue weighted by Gasteiger charge is 2.34. The molecule has 1 aliphatic rings. The minimum atomic E-state index is 0.0712. The average Bonchev–Trinajstić information content (AvgIpc) is 2.64. The SMILES string of the molecule is CCC[C@]1(CO)CCCN(Cc2cnc(-c3ccccn3)nc2)C1. The Morgan fingerprint density at radius 2 is 2.04 bits per heavy atom. The second kappa shape index (κ2) is 7.81. The van der Waals surface area contributed by atoms with Gasteiger partial charge in [0.25, 0.3) is 0 Å². The first-order chi connectivity index (χ1) is 11.7. The number of aliphatic hydroxyl groups is 1. The van der Waals surface area contributed by atoms with Crippen molar-refractivity contribution in [3.63, 3.8) is 0 Å². The van der Waals surface area contributed by atoms with Gasteiger partial charge in [0.1, 0.15) is 5.69 Å². The van der Waals surface area contributed by atoms with Crippen LogP contribution in [0.25, 0.3) is 11.5 Å². The standard InChI is InChI=1S/C19H26N4O/c1-2-7-19(15-24)8-5-10-23(14-19)13-16-11-21-18(22-12-16)17-6-3-4-9-20-17/h3-4,6,9,11-12,24H,2,5,7-8,10,13-15H2,1H3/t19-/m0/s1. The Morgan fingerprint density at radius 3 is 2.71 bits per heavy atom. The maximum atomic E-state index is 9.86. The van der Waals surface area contributed by atoms with Gasteiger partial charge in [0.05, 0.1) is 0 Å². The summed E-state index contributed by atoms with van der Waals surface area (Å²) in [5, 5.41) is 9.86. The van der Waals surface area contributed by atoms with Crippen molar-refractivity contribution in [2.45, 2.75) is 39.2 Å². The van der Waals surface area contributed by atoms with Gasteiger partial charge in [0, 0.05) is 49.3 Å². The fourth-order valence-electron chi connectivity index (χ4n) is 3.71. The predicted octanol–water partition coefficient (Wildman–Crippen LogP) is 2.91. The topological polar surface area (TPSA) is 62.1 Å². The summed E-state index contributed by atoms with van der Waals surface area (Å²) in [4.78, 5) is 15.6. The molecular weight excluding hydrogens is 300 g/mol. The van der Waals surface area contributed by atoms with Crippen LogP contribution in [0.4, 0.5) is 0 Å². The predicted molar refractivity (Wildman–Crippen MR) is 94.2 cm³/mol. The maximum Gasteiger partial charge on any atom is 0.178 e. The van der Waals surface area contributed by atoms with E-state index in [1.54, 1.807) is 6.20 Å². The van der Waals surface area contributed by atoms with Crippen LogP contribution < -0.4 is 0 Å². The zero-order chi connectivity index (χ0) is 16.8. The van der Waals surface area contributed by atoms with Crippen molar-refractivity contribution in [3.05, 3.63) is 42.4 Å². The average molecular weight is 326 g/mol. The highest BCUT2D eigenvalue weighted by molar-refractivity contribution is 5.47. The van der Waals surface area contributed by atoms with Gasteiger partial charge in [-0.2, -0.15) is 0 Å². The summed E-state index contributed by atoms with van der Waals surface area (Å²) >= 11 is 0. The van der Waals surface area contributed by atoms with Gasteiger partial charge in [-0.15, -0.1) is 0 Å². The minimum Gasteiger partial charge on any atom is -0.396 e. The monoisotopic (exact) mass is 326 g/mol. The molecule has 0 aliphatic carbocycles. The van der Waals surface area contributed by atoms with Crippen molar-refractivity contribution in [2.24, 2.45) is 5.41 Å². The summed E-state index contributed by atoms with van der Waals surface area (Å²) < 4.78 is 0. The molecule has 1 aliphatic heterocycles. The van der Waals surface area contributed by atoms with Crippen LogP contribution >= 0.6 is 0 Å². The fraction of sp³-hybridized carbons (Fsp3) is 0.526. The van der Waals surface area contributed by atoms with Crippen LogP contribution in [0.5, 0.6) is 0 Å². The van der Waals surface area contributed by atoms with Crippen LogP contribution in [0.2, 0.25) is 0 Å². The number of piperidine rings is 1. The van der Waals surface area contributed by atoms with Gasteiger partial charge in [0.2, 0.25) is 0 Å². The first-order valence-electron chi connectivity index (χ1n) is 8.80. The van der Waals surface area contributed by atoms with Gasteiger partial charge >= 0.3 is 0 Å². The minimum absolute atomic E-state index is 0.0712. The number of rotatable bonds is 6. The lowest BCUT2D eigenvalue weighted by Crippen LogP contribution is -2.44. The van der Waals surface area contributed by atoms with E-state index in [4.69, 9.17) is 0 Å². The zero-order valence-electron chi connectivity index (χ0n) is 14.4. The second-order valence-electron chi connectivity index (χ2n) is 6.85. The van der Waals surface area contributed by atoms with Gasteiger partial charge in [-0.1, -0.05) is 19.4 Å². The molecule has 1 N–H and O–H groups in total. The molecule has 1 fully saturated rings. The van der Waals surface area contributed by atoms with E-state index in [0.717, 1.165) is 56.6 Å². The van der Waals surface area contributed by atoms with Crippen LogP contribution in [0.1, 0.15) is 38.2 Å². The van der Waals surface area contributed by atoms with Gasteiger partial charge in [-0.3, -0.25) is 9.88 Å². The molecule has 1 saturated heterocycles. The Labute approximate surface area is 143 Å². The summed E-state index contributed by atoms with van der Waals surface area (Å²) in [5.74, 6) is 0.661. The second-order valence-corrected chi connectivity index (χ2v) is 6.85. The number of pyridine rings is 1. The van der Waals surface area contributed by atoms with E-state index >= 15 is 0 Å². The molecule has 1 atom stereocenters. The Morgan fingerprint density at radius 1 is 1.21 bits per heavy atom. The summed E-state index contributed by atoms with van der Waals surface area (Å²) in [7, 11) is 0. The lowest BCUT2D eigenvalue weighted by molar-refractivity contribution is 0.0215. The Bertz CT molecular complexity index is 628. The zero-order valence-corrected chi connectivity index (χ0v) is 14.4. The molecule has 0 saturated carbocycles. The van der Waals surface area contributed by atoms with Gasteiger partial charge < -0.3 is 5.11 Å². The van der Waals surface area contributed by atoms with Crippen molar-refractivity contribution in [1.82, 2.24) is 19.9 Å². The molecule has 0 aromatic carbocycles. The maximum absolute atomic E-state index is 9.86. The van der Waals surface area contributed by atoms with E-state index in [1.165, 1.54) is 0 Å². The molecule has 5 nitrogen and oxygen atoms in total. The molecule has 24 heavy (non-hydrogen) atoms. The van der Waals surface area contributed by atoms with E-state index < -0.39 is 0 Å². The third-order valence-corrected chi connectivity index (χ3v) is 4.86. The number of aromatic nitrogens is 3. The first-order valence-corrected chi connectivity index (χ1v) is 8.80. The quantitative estimate of drug-likeness (QED) is 0.884. The molecule has 3 heterocycles. The Hall–Kier alpha value is -1.85. The van der Waals surface area contributed by atoms with Gasteiger partial charge in [0.15, 0.2) is 5.82 Å². The number of aliphatic hydroxyl groups excluding tert-OH is 1. The van der Waals surface area contributed by atoms with E-state index in [9.17, 15) is 5.11 Å². The highest BCUT2D eigenvalue weighted by Crippen LogP contribution is 2.34. The van der Waals surface area contributed by atoms with Crippen molar-refractivity contribution in [2.75, 3.05) is 19.7 Å². The number of hydrogen-bond acceptors (Lipinski definition) is 5. The van der Waals surface area contributed by atoms with Crippen LogP contribution in [0.15, 0.2) is 36.8 Å². The molecule has 0 spiro atoms. The smallest absolute Gasteiger partial charge is 0.178 e. The summed E-state index contributed by atoms with van der Waals surface area (Å²) in [6.07, 6.45) is 10.0. The highest BCUT2D eigenvalue weighted by atomic mass is 16.3. The molecule has 3 rings (SSSR count). The molecule has 128 valence electrons. The van der Waals surface area contributed by atoms with Crippen molar-refractivity contribution in [3.8, 4) is 11.5 Å². The van der Waals surface area contributed by atoms with Crippen LogP contribution in [0.3, 0.4) is 0 Å².